The Labute approximate surface area is 132 Å². The Morgan fingerprint density at radius 3 is 3.00 bits per heavy atom. The number of aromatic amines is 1. The molecule has 20 heavy (non-hydrogen) atoms. The van der Waals surface area contributed by atoms with Gasteiger partial charge in [-0.15, -0.1) is 0 Å². The maximum Gasteiger partial charge on any atom is 0.215 e. The topological polar surface area (TPSA) is 65.2 Å². The van der Waals surface area contributed by atoms with Gasteiger partial charge in [-0.05, 0) is 50.7 Å². The second-order valence-electron chi connectivity index (χ2n) is 4.50. The summed E-state index contributed by atoms with van der Waals surface area (Å²) in [4.78, 5) is 4.05. The number of H-pyrrole nitrogens is 1. The van der Waals surface area contributed by atoms with Gasteiger partial charge in [0.25, 0.3) is 0 Å². The molecule has 1 heterocycles. The quantitative estimate of drug-likeness (QED) is 0.846. The summed E-state index contributed by atoms with van der Waals surface area (Å²) in [6.07, 6.45) is -2.49. The van der Waals surface area contributed by atoms with Crippen LogP contribution in [-0.4, -0.2) is 45.9 Å². The van der Waals surface area contributed by atoms with Crippen molar-refractivity contribution < 1.29 is 20.8 Å². The lowest BCUT2D eigenvalue weighted by Gasteiger charge is -2.08. The standard InChI is InChI=1S/C14H21N3O2S/c1-15-20(18,19)10-11-4-5-14-13(8-11)12(9-16-14)6-7-17(2)3/h4-5,8-9,15-16H,6-7,10H2,1-3H3/i1D3,4D,5D,6D2,8D,9D. The average Bonchev–Trinajstić information content (AvgIpc) is 2.84. The van der Waals surface area contributed by atoms with Gasteiger partial charge in [0.1, 0.15) is 0 Å². The number of benzene rings is 1. The molecule has 0 unspecified atom stereocenters. The zero-order chi connectivity index (χ0) is 22.5. The highest BCUT2D eigenvalue weighted by molar-refractivity contribution is 7.88. The van der Waals surface area contributed by atoms with Crippen LogP contribution in [0.5, 0.6) is 0 Å². The molecule has 1 aromatic carbocycles. The lowest BCUT2D eigenvalue weighted by atomic mass is 10.1. The summed E-state index contributed by atoms with van der Waals surface area (Å²) in [5.74, 6) is -1.04. The monoisotopic (exact) mass is 304 g/mol. The van der Waals surface area contributed by atoms with Crippen LogP contribution in [0.15, 0.2) is 24.3 Å². The van der Waals surface area contributed by atoms with Crippen molar-refractivity contribution in [2.24, 2.45) is 0 Å². The van der Waals surface area contributed by atoms with Gasteiger partial charge < -0.3 is 9.88 Å². The van der Waals surface area contributed by atoms with Crippen LogP contribution < -0.4 is 4.72 Å². The molecule has 0 amide bonds. The Morgan fingerprint density at radius 2 is 2.30 bits per heavy atom. The fourth-order valence-electron chi connectivity index (χ4n) is 1.58. The normalized spacial score (nSPS) is 20.2. The third kappa shape index (κ3) is 3.59. The molecule has 0 aliphatic rings. The Hall–Kier alpha value is -1.37. The average molecular weight is 304 g/mol. The number of sulfonamides is 1. The van der Waals surface area contributed by atoms with Crippen molar-refractivity contribution in [2.75, 3.05) is 27.6 Å². The van der Waals surface area contributed by atoms with E-state index in [1.807, 2.05) is 0 Å². The van der Waals surface area contributed by atoms with Crippen molar-refractivity contribution in [3.8, 4) is 0 Å². The highest BCUT2D eigenvalue weighted by atomic mass is 32.2. The van der Waals surface area contributed by atoms with E-state index in [-0.39, 0.29) is 29.2 Å². The van der Waals surface area contributed by atoms with Crippen molar-refractivity contribution in [2.45, 2.75) is 12.1 Å². The molecule has 0 saturated carbocycles. The van der Waals surface area contributed by atoms with Gasteiger partial charge in [-0.2, -0.15) is 0 Å². The van der Waals surface area contributed by atoms with E-state index >= 15 is 0 Å². The number of rotatable bonds is 6. The molecule has 2 rings (SSSR count). The number of fused-ring (bicyclic) bond motifs is 1. The van der Waals surface area contributed by atoms with E-state index in [0.717, 1.165) is 0 Å². The van der Waals surface area contributed by atoms with E-state index < -0.39 is 52.8 Å². The van der Waals surface area contributed by atoms with E-state index in [1.165, 1.54) is 9.62 Å². The van der Waals surface area contributed by atoms with Gasteiger partial charge in [-0.3, -0.25) is 0 Å². The summed E-state index contributed by atoms with van der Waals surface area (Å²) < 4.78 is 96.2. The second-order valence-corrected chi connectivity index (χ2v) is 6.23. The Morgan fingerprint density at radius 1 is 1.50 bits per heavy atom. The number of hydrogen-bond donors (Lipinski definition) is 2. The van der Waals surface area contributed by atoms with Crippen LogP contribution in [-0.2, 0) is 22.1 Å². The number of hydrogen-bond acceptors (Lipinski definition) is 3. The first kappa shape index (κ1) is 7.06. The third-order valence-electron chi connectivity index (χ3n) is 2.49. The van der Waals surface area contributed by atoms with Crippen molar-refractivity contribution in [1.82, 2.24) is 14.6 Å². The first-order valence-corrected chi connectivity index (χ1v) is 7.40. The fourth-order valence-corrected chi connectivity index (χ4v) is 2.18. The molecule has 2 N–H and O–H groups in total. The minimum atomic E-state index is -4.48. The highest BCUT2D eigenvalue weighted by Crippen LogP contribution is 2.21. The van der Waals surface area contributed by atoms with Gasteiger partial charge in [0.2, 0.25) is 10.0 Å². The third-order valence-corrected chi connectivity index (χ3v) is 3.47. The van der Waals surface area contributed by atoms with E-state index in [1.54, 1.807) is 14.1 Å². The molecule has 0 spiro atoms. The lowest BCUT2D eigenvalue weighted by molar-refractivity contribution is 0.414. The molecule has 0 atom stereocenters. The highest BCUT2D eigenvalue weighted by Gasteiger charge is 2.11. The summed E-state index contributed by atoms with van der Waals surface area (Å²) in [6, 6.07) is -1.65. The van der Waals surface area contributed by atoms with Crippen molar-refractivity contribution >= 4 is 20.9 Å². The van der Waals surface area contributed by atoms with Crippen molar-refractivity contribution in [3.63, 3.8) is 0 Å². The molecule has 1 aromatic heterocycles. The molecule has 0 fully saturated rings. The second kappa shape index (κ2) is 5.95. The van der Waals surface area contributed by atoms with E-state index in [2.05, 4.69) is 4.98 Å². The number of aromatic nitrogens is 1. The fraction of sp³-hybridized carbons (Fsp3) is 0.429. The van der Waals surface area contributed by atoms with Crippen molar-refractivity contribution in [3.05, 3.63) is 35.4 Å². The van der Waals surface area contributed by atoms with Gasteiger partial charge in [0.05, 0.1) is 11.2 Å². The molecule has 0 bridgehead atoms. The predicted octanol–water partition coefficient (Wildman–Crippen LogP) is 1.32. The smallest absolute Gasteiger partial charge is 0.215 e. The zero-order valence-electron chi connectivity index (χ0n) is 20.1. The van der Waals surface area contributed by atoms with Crippen molar-refractivity contribution in [1.29, 1.82) is 0 Å². The maximum absolute atomic E-state index is 12.2. The van der Waals surface area contributed by atoms with Crippen LogP contribution in [0.4, 0.5) is 0 Å². The molecule has 5 nitrogen and oxygen atoms in total. The molecule has 2 aromatic rings. The molecule has 6 heteroatoms. The van der Waals surface area contributed by atoms with E-state index in [9.17, 15) is 8.42 Å². The summed E-state index contributed by atoms with van der Waals surface area (Å²) in [7, 11) is -1.24. The number of likely N-dealkylation sites (N-methyl/N-ethyl adjacent to an activating group) is 1. The van der Waals surface area contributed by atoms with Gasteiger partial charge in [-0.25, -0.2) is 13.1 Å². The Balaban J connectivity index is 2.76. The van der Waals surface area contributed by atoms with Gasteiger partial charge in [-0.1, -0.05) is 6.04 Å². The summed E-state index contributed by atoms with van der Waals surface area (Å²) in [5.41, 5.74) is -0.783. The molecule has 0 radical (unpaired) electrons. The molecule has 110 valence electrons. The minimum Gasteiger partial charge on any atom is -0.361 e. The summed E-state index contributed by atoms with van der Waals surface area (Å²) >= 11 is 0. The predicted molar refractivity (Wildman–Crippen MR) is 82.2 cm³/mol. The Kier molecular flexibility index (Phi) is 2.10. The zero-order valence-corrected chi connectivity index (χ0v) is 11.9. The first-order chi connectivity index (χ1) is 13.0. The summed E-state index contributed by atoms with van der Waals surface area (Å²) in [6.45, 7) is -3.15. The first-order valence-electron chi connectivity index (χ1n) is 10.2. The molecule has 0 aliphatic heterocycles. The van der Waals surface area contributed by atoms with Crippen LogP contribution in [0.2, 0.25) is 0 Å². The molecular formula is C14H21N3O2S. The Bertz CT molecular complexity index is 1050. The largest absolute Gasteiger partial charge is 0.361 e. The van der Waals surface area contributed by atoms with Gasteiger partial charge in [0, 0.05) is 30.5 Å². The van der Waals surface area contributed by atoms with Crippen LogP contribution in [0, 0.1) is 0 Å². The minimum absolute atomic E-state index is 0.118. The number of nitrogens with zero attached hydrogens (tertiary/aromatic N) is 1. The molecular weight excluding hydrogens is 274 g/mol. The van der Waals surface area contributed by atoms with E-state index in [4.69, 9.17) is 12.3 Å². The van der Waals surface area contributed by atoms with Crippen LogP contribution in [0.3, 0.4) is 0 Å². The maximum atomic E-state index is 12.2. The van der Waals surface area contributed by atoms with Crippen LogP contribution in [0.25, 0.3) is 10.9 Å². The molecule has 0 saturated heterocycles. The summed E-state index contributed by atoms with van der Waals surface area (Å²) in [5, 5.41) is -0.165. The molecule has 0 aliphatic carbocycles. The lowest BCUT2D eigenvalue weighted by Crippen LogP contribution is -2.20. The van der Waals surface area contributed by atoms with Crippen LogP contribution >= 0.6 is 0 Å². The van der Waals surface area contributed by atoms with Crippen LogP contribution in [0.1, 0.15) is 23.5 Å². The van der Waals surface area contributed by atoms with Gasteiger partial charge >= 0.3 is 0 Å². The van der Waals surface area contributed by atoms with Gasteiger partial charge in [0.15, 0.2) is 0 Å². The SMILES string of the molecule is [2H]c1[nH]c2c([2H])c([2H])c(CS(=O)(=O)NC([2H])([2H])[2H])c([2H])c2c1C([2H])([2H])CN(C)C. The number of nitrogens with one attached hydrogen (secondary N) is 2. The van der Waals surface area contributed by atoms with E-state index in [0.29, 0.717) is 0 Å².